The summed E-state index contributed by atoms with van der Waals surface area (Å²) in [5, 5.41) is 3.19. The van der Waals surface area contributed by atoms with Gasteiger partial charge in [0.1, 0.15) is 0 Å². The van der Waals surface area contributed by atoms with Gasteiger partial charge >= 0.3 is 6.03 Å². The highest BCUT2D eigenvalue weighted by Gasteiger charge is 2.23. The van der Waals surface area contributed by atoms with Gasteiger partial charge in [-0.1, -0.05) is 33.6 Å². The molecule has 2 amide bonds. The molecule has 0 aromatic heterocycles. The Morgan fingerprint density at radius 2 is 1.88 bits per heavy atom. The van der Waals surface area contributed by atoms with Gasteiger partial charge in [0.15, 0.2) is 0 Å². The number of amides is 2. The van der Waals surface area contributed by atoms with Gasteiger partial charge in [0.2, 0.25) is 0 Å². The topological polar surface area (TPSA) is 32.3 Å². The van der Waals surface area contributed by atoms with Gasteiger partial charge in [0, 0.05) is 18.6 Å². The smallest absolute Gasteiger partial charge is 0.317 e. The number of carbonyl (C=O) groups excluding carboxylic acids is 1. The summed E-state index contributed by atoms with van der Waals surface area (Å²) in [4.78, 5) is 14.3. The van der Waals surface area contributed by atoms with E-state index in [1.54, 1.807) is 0 Å². The fourth-order valence-corrected chi connectivity index (χ4v) is 2.40. The molecule has 0 aliphatic heterocycles. The zero-order valence-corrected chi connectivity index (χ0v) is 11.8. The minimum atomic E-state index is 0.139. The van der Waals surface area contributed by atoms with Gasteiger partial charge in [-0.2, -0.15) is 0 Å². The van der Waals surface area contributed by atoms with Gasteiger partial charge in [0.05, 0.1) is 0 Å². The van der Waals surface area contributed by atoms with Crippen LogP contribution in [0.5, 0.6) is 0 Å². The van der Waals surface area contributed by atoms with Crippen LogP contribution in [-0.2, 0) is 0 Å². The van der Waals surface area contributed by atoms with E-state index in [9.17, 15) is 4.79 Å². The van der Waals surface area contributed by atoms with E-state index in [1.807, 2.05) is 4.90 Å². The van der Waals surface area contributed by atoms with Crippen molar-refractivity contribution in [2.75, 3.05) is 6.54 Å². The van der Waals surface area contributed by atoms with Gasteiger partial charge in [-0.15, -0.1) is 0 Å². The van der Waals surface area contributed by atoms with Crippen molar-refractivity contribution in [1.82, 2.24) is 10.2 Å². The summed E-state index contributed by atoms with van der Waals surface area (Å²) in [6, 6.07) is 0.889. The summed E-state index contributed by atoms with van der Waals surface area (Å²) >= 11 is 0. The molecule has 1 aliphatic rings. The molecule has 1 fully saturated rings. The zero-order chi connectivity index (χ0) is 12.8. The van der Waals surface area contributed by atoms with Crippen molar-refractivity contribution < 1.29 is 4.79 Å². The van der Waals surface area contributed by atoms with Crippen molar-refractivity contribution in [3.63, 3.8) is 0 Å². The van der Waals surface area contributed by atoms with E-state index in [1.165, 1.54) is 12.8 Å². The number of nitrogens with one attached hydrogen (secondary N) is 1. The number of urea groups is 1. The van der Waals surface area contributed by atoms with Crippen LogP contribution in [0.25, 0.3) is 0 Å². The first-order chi connectivity index (χ1) is 8.04. The van der Waals surface area contributed by atoms with Crippen LogP contribution in [0.15, 0.2) is 0 Å². The van der Waals surface area contributed by atoms with Crippen LogP contribution in [0.2, 0.25) is 0 Å². The molecule has 1 saturated carbocycles. The van der Waals surface area contributed by atoms with Crippen molar-refractivity contribution in [3.8, 4) is 0 Å². The molecule has 0 bridgehead atoms. The first-order valence-corrected chi connectivity index (χ1v) is 7.11. The normalized spacial score (nSPS) is 18.4. The van der Waals surface area contributed by atoms with Crippen molar-refractivity contribution >= 4 is 6.03 Å². The lowest BCUT2D eigenvalue weighted by atomic mass is 10.1. The van der Waals surface area contributed by atoms with E-state index >= 15 is 0 Å². The van der Waals surface area contributed by atoms with Crippen molar-refractivity contribution in [3.05, 3.63) is 0 Å². The Bertz CT molecular complexity index is 234. The standard InChI is InChI=1S/C14H28N2O/c1-5-12(4)16(10-11(2)3)14(17)15-13-8-6-7-9-13/h11-13H,5-10H2,1-4H3,(H,15,17). The third-order valence-electron chi connectivity index (χ3n) is 3.63. The highest BCUT2D eigenvalue weighted by molar-refractivity contribution is 5.74. The lowest BCUT2D eigenvalue weighted by Crippen LogP contribution is -2.49. The molecule has 0 aromatic carbocycles. The number of hydrogen-bond donors (Lipinski definition) is 1. The molecule has 3 nitrogen and oxygen atoms in total. The van der Waals surface area contributed by atoms with Gasteiger partial charge in [-0.25, -0.2) is 4.79 Å². The Balaban J connectivity index is 2.51. The Labute approximate surface area is 106 Å². The van der Waals surface area contributed by atoms with E-state index in [0.717, 1.165) is 25.8 Å². The molecule has 1 atom stereocenters. The second-order valence-corrected chi connectivity index (χ2v) is 5.73. The maximum absolute atomic E-state index is 12.2. The SMILES string of the molecule is CCC(C)N(CC(C)C)C(=O)NC1CCCC1. The number of carbonyl (C=O) groups is 1. The highest BCUT2D eigenvalue weighted by Crippen LogP contribution is 2.18. The Morgan fingerprint density at radius 1 is 1.29 bits per heavy atom. The minimum absolute atomic E-state index is 0.139. The third kappa shape index (κ3) is 4.57. The summed E-state index contributed by atoms with van der Waals surface area (Å²) < 4.78 is 0. The fraction of sp³-hybridized carbons (Fsp3) is 0.929. The number of hydrogen-bond acceptors (Lipinski definition) is 1. The minimum Gasteiger partial charge on any atom is -0.335 e. The molecule has 0 aromatic rings. The first-order valence-electron chi connectivity index (χ1n) is 7.11. The quantitative estimate of drug-likeness (QED) is 0.785. The molecule has 17 heavy (non-hydrogen) atoms. The van der Waals surface area contributed by atoms with Gasteiger partial charge < -0.3 is 10.2 Å². The van der Waals surface area contributed by atoms with E-state index < -0.39 is 0 Å². The summed E-state index contributed by atoms with van der Waals surface area (Å²) in [7, 11) is 0. The number of rotatable bonds is 5. The molecular formula is C14H28N2O. The lowest BCUT2D eigenvalue weighted by Gasteiger charge is -2.31. The predicted molar refractivity (Wildman–Crippen MR) is 72.1 cm³/mol. The second kappa shape index (κ2) is 6.87. The summed E-state index contributed by atoms with van der Waals surface area (Å²) in [6.45, 7) is 9.46. The Kier molecular flexibility index (Phi) is 5.79. The van der Waals surface area contributed by atoms with Crippen LogP contribution in [-0.4, -0.2) is 29.6 Å². The average Bonchev–Trinajstić information content (AvgIpc) is 2.77. The summed E-state index contributed by atoms with van der Waals surface area (Å²) in [5.74, 6) is 0.526. The van der Waals surface area contributed by atoms with Crippen LogP contribution in [0.3, 0.4) is 0 Å². The predicted octanol–water partition coefficient (Wildman–Crippen LogP) is 3.40. The summed E-state index contributed by atoms with van der Waals surface area (Å²) in [5.41, 5.74) is 0. The van der Waals surface area contributed by atoms with Gasteiger partial charge in [-0.05, 0) is 32.1 Å². The maximum atomic E-state index is 12.2. The maximum Gasteiger partial charge on any atom is 0.317 e. The Morgan fingerprint density at radius 3 is 2.35 bits per heavy atom. The second-order valence-electron chi connectivity index (χ2n) is 5.73. The first kappa shape index (κ1) is 14.3. The summed E-state index contributed by atoms with van der Waals surface area (Å²) in [6.07, 6.45) is 5.85. The monoisotopic (exact) mass is 240 g/mol. The fourth-order valence-electron chi connectivity index (χ4n) is 2.40. The van der Waals surface area contributed by atoms with Crippen molar-refractivity contribution in [2.45, 2.75) is 71.9 Å². The van der Waals surface area contributed by atoms with Crippen molar-refractivity contribution in [1.29, 1.82) is 0 Å². The molecule has 1 N–H and O–H groups in total. The highest BCUT2D eigenvalue weighted by atomic mass is 16.2. The lowest BCUT2D eigenvalue weighted by molar-refractivity contribution is 0.164. The van der Waals surface area contributed by atoms with E-state index in [2.05, 4.69) is 33.0 Å². The molecule has 100 valence electrons. The van der Waals surface area contributed by atoms with Crippen LogP contribution in [0.1, 0.15) is 59.8 Å². The van der Waals surface area contributed by atoms with E-state index in [0.29, 0.717) is 18.0 Å². The van der Waals surface area contributed by atoms with Gasteiger partial charge in [-0.3, -0.25) is 0 Å². The van der Waals surface area contributed by atoms with Crippen LogP contribution < -0.4 is 5.32 Å². The van der Waals surface area contributed by atoms with Crippen LogP contribution >= 0.6 is 0 Å². The van der Waals surface area contributed by atoms with Gasteiger partial charge in [0.25, 0.3) is 0 Å². The molecule has 0 radical (unpaired) electrons. The average molecular weight is 240 g/mol. The molecule has 1 unspecified atom stereocenters. The van der Waals surface area contributed by atoms with Crippen LogP contribution in [0, 0.1) is 5.92 Å². The molecule has 0 saturated heterocycles. The third-order valence-corrected chi connectivity index (χ3v) is 3.63. The van der Waals surface area contributed by atoms with Crippen LogP contribution in [0.4, 0.5) is 4.79 Å². The molecule has 1 aliphatic carbocycles. The largest absolute Gasteiger partial charge is 0.335 e. The molecule has 0 heterocycles. The zero-order valence-electron chi connectivity index (χ0n) is 11.8. The van der Waals surface area contributed by atoms with Crippen molar-refractivity contribution in [2.24, 2.45) is 5.92 Å². The molecule has 3 heteroatoms. The molecular weight excluding hydrogens is 212 g/mol. The number of nitrogens with zero attached hydrogens (tertiary/aromatic N) is 1. The Hall–Kier alpha value is -0.730. The van der Waals surface area contributed by atoms with E-state index in [4.69, 9.17) is 0 Å². The molecule has 1 rings (SSSR count). The molecule has 0 spiro atoms. The van der Waals surface area contributed by atoms with E-state index in [-0.39, 0.29) is 6.03 Å².